The number of rotatable bonds is 1. The van der Waals surface area contributed by atoms with Crippen LogP contribution < -0.4 is 0 Å². The van der Waals surface area contributed by atoms with E-state index in [-0.39, 0.29) is 12.2 Å². The first-order valence-corrected chi connectivity index (χ1v) is 5.91. The molecule has 1 heterocycles. The van der Waals surface area contributed by atoms with Gasteiger partial charge in [0.15, 0.2) is 0 Å². The zero-order chi connectivity index (χ0) is 10.1. The Kier molecular flexibility index (Phi) is 2.70. The highest BCUT2D eigenvalue weighted by Gasteiger charge is 2.11. The highest BCUT2D eigenvalue weighted by Crippen LogP contribution is 2.30. The number of halogens is 2. The lowest BCUT2D eigenvalue weighted by Gasteiger charge is -2.02. The van der Waals surface area contributed by atoms with Gasteiger partial charge in [-0.3, -0.25) is 0 Å². The van der Waals surface area contributed by atoms with E-state index in [2.05, 4.69) is 0 Å². The van der Waals surface area contributed by atoms with Crippen LogP contribution in [0.2, 0.25) is 0 Å². The van der Waals surface area contributed by atoms with E-state index in [1.807, 2.05) is 40.1 Å². The molecule has 0 aliphatic rings. The molecule has 70 valence electrons. The minimum absolute atomic E-state index is 0.133. The Morgan fingerprint density at radius 2 is 2.36 bits per heavy atom. The standard InChI is InChI=1S/C10H5FINS/c11-8-6(1-3-13)5-7-2-4-14-10(7)9(8)12/h2,4-5H,1H2. The lowest BCUT2D eigenvalue weighted by atomic mass is 10.1. The fourth-order valence-electron chi connectivity index (χ4n) is 1.32. The molecule has 0 amide bonds. The van der Waals surface area contributed by atoms with Gasteiger partial charge in [0, 0.05) is 5.56 Å². The van der Waals surface area contributed by atoms with Gasteiger partial charge in [-0.1, -0.05) is 0 Å². The van der Waals surface area contributed by atoms with Crippen LogP contribution in [0.15, 0.2) is 17.5 Å². The normalized spacial score (nSPS) is 10.4. The molecule has 0 radical (unpaired) electrons. The summed E-state index contributed by atoms with van der Waals surface area (Å²) in [4.78, 5) is 0. The summed E-state index contributed by atoms with van der Waals surface area (Å²) in [6, 6.07) is 5.67. The van der Waals surface area contributed by atoms with Crippen molar-refractivity contribution in [2.45, 2.75) is 6.42 Å². The molecule has 0 unspecified atom stereocenters. The van der Waals surface area contributed by atoms with Gasteiger partial charge >= 0.3 is 0 Å². The summed E-state index contributed by atoms with van der Waals surface area (Å²) < 4.78 is 15.2. The number of nitriles is 1. The maximum Gasteiger partial charge on any atom is 0.142 e. The van der Waals surface area contributed by atoms with Crippen LogP contribution in [-0.4, -0.2) is 0 Å². The molecule has 2 rings (SSSR count). The quantitative estimate of drug-likeness (QED) is 0.736. The molecule has 4 heteroatoms. The first-order chi connectivity index (χ1) is 6.74. The van der Waals surface area contributed by atoms with Gasteiger partial charge in [-0.2, -0.15) is 5.26 Å². The van der Waals surface area contributed by atoms with E-state index in [9.17, 15) is 4.39 Å². The molecule has 1 nitrogen and oxygen atoms in total. The predicted molar refractivity (Wildman–Crippen MR) is 63.8 cm³/mol. The number of hydrogen-bond acceptors (Lipinski definition) is 2. The fourth-order valence-corrected chi connectivity index (χ4v) is 3.16. The highest BCUT2D eigenvalue weighted by atomic mass is 127. The second-order valence-corrected chi connectivity index (χ2v) is 4.83. The van der Waals surface area contributed by atoms with Crippen molar-refractivity contribution in [2.75, 3.05) is 0 Å². The van der Waals surface area contributed by atoms with E-state index in [0.29, 0.717) is 9.13 Å². The van der Waals surface area contributed by atoms with E-state index in [1.54, 1.807) is 6.07 Å². The number of fused-ring (bicyclic) bond motifs is 1. The lowest BCUT2D eigenvalue weighted by molar-refractivity contribution is 0.610. The zero-order valence-electron chi connectivity index (χ0n) is 7.05. The van der Waals surface area contributed by atoms with Crippen molar-refractivity contribution in [3.05, 3.63) is 32.5 Å². The Labute approximate surface area is 98.3 Å². The first-order valence-electron chi connectivity index (χ1n) is 3.95. The number of benzene rings is 1. The van der Waals surface area contributed by atoms with E-state index < -0.39 is 0 Å². The van der Waals surface area contributed by atoms with Crippen LogP contribution in [0.3, 0.4) is 0 Å². The summed E-state index contributed by atoms with van der Waals surface area (Å²) in [5.41, 5.74) is 0.489. The molecular weight excluding hydrogens is 312 g/mol. The SMILES string of the molecule is N#CCc1cc2ccsc2c(I)c1F. The molecule has 0 N–H and O–H groups in total. The van der Waals surface area contributed by atoms with Gasteiger partial charge < -0.3 is 0 Å². The van der Waals surface area contributed by atoms with Crippen molar-refractivity contribution in [1.29, 1.82) is 5.26 Å². The molecule has 0 bridgehead atoms. The van der Waals surface area contributed by atoms with Crippen LogP contribution in [0.5, 0.6) is 0 Å². The summed E-state index contributed by atoms with van der Waals surface area (Å²) >= 11 is 3.52. The van der Waals surface area contributed by atoms with Gasteiger partial charge in [0.05, 0.1) is 20.8 Å². The van der Waals surface area contributed by atoms with E-state index in [0.717, 1.165) is 10.1 Å². The van der Waals surface area contributed by atoms with Crippen molar-refractivity contribution >= 4 is 44.0 Å². The van der Waals surface area contributed by atoms with Crippen LogP contribution in [0.1, 0.15) is 5.56 Å². The molecule has 0 saturated carbocycles. The van der Waals surface area contributed by atoms with Crippen molar-refractivity contribution in [1.82, 2.24) is 0 Å². The van der Waals surface area contributed by atoms with Gasteiger partial charge in [-0.05, 0) is 45.5 Å². The summed E-state index contributed by atoms with van der Waals surface area (Å²) in [6.45, 7) is 0. The number of nitrogens with zero attached hydrogens (tertiary/aromatic N) is 1. The Morgan fingerprint density at radius 1 is 1.57 bits per heavy atom. The molecule has 2 aromatic rings. The Balaban J connectivity index is 2.75. The Morgan fingerprint density at radius 3 is 3.07 bits per heavy atom. The number of thiophene rings is 1. The molecule has 0 aliphatic heterocycles. The maximum atomic E-state index is 13.6. The summed E-state index contributed by atoms with van der Waals surface area (Å²) in [5, 5.41) is 11.5. The Bertz CT molecular complexity index is 527. The van der Waals surface area contributed by atoms with Gasteiger partial charge in [-0.15, -0.1) is 11.3 Å². The summed E-state index contributed by atoms with van der Waals surface area (Å²) in [6.07, 6.45) is 0.133. The van der Waals surface area contributed by atoms with Crippen molar-refractivity contribution in [3.8, 4) is 6.07 Å². The minimum Gasteiger partial charge on any atom is -0.205 e. The molecule has 0 saturated heterocycles. The summed E-state index contributed by atoms with van der Waals surface area (Å²) in [5.74, 6) is -0.248. The predicted octanol–water partition coefficient (Wildman–Crippen LogP) is 3.71. The third kappa shape index (κ3) is 1.51. The first kappa shape index (κ1) is 9.87. The molecule has 0 atom stereocenters. The topological polar surface area (TPSA) is 23.8 Å². The van der Waals surface area contributed by atoms with Crippen molar-refractivity contribution in [3.63, 3.8) is 0 Å². The average Bonchev–Trinajstić information content (AvgIpc) is 2.62. The van der Waals surface area contributed by atoms with E-state index in [4.69, 9.17) is 5.26 Å². The largest absolute Gasteiger partial charge is 0.205 e. The fraction of sp³-hybridized carbons (Fsp3) is 0.100. The van der Waals surface area contributed by atoms with Gasteiger partial charge in [0.1, 0.15) is 5.82 Å². The molecule has 1 aromatic heterocycles. The smallest absolute Gasteiger partial charge is 0.142 e. The third-order valence-corrected chi connectivity index (χ3v) is 4.30. The zero-order valence-corrected chi connectivity index (χ0v) is 10.0. The van der Waals surface area contributed by atoms with Crippen LogP contribution in [0.25, 0.3) is 10.1 Å². The Hall–Kier alpha value is -0.670. The second kappa shape index (κ2) is 3.83. The van der Waals surface area contributed by atoms with Gasteiger partial charge in [-0.25, -0.2) is 4.39 Å². The highest BCUT2D eigenvalue weighted by molar-refractivity contribution is 14.1. The molecular formula is C10H5FINS. The molecule has 0 spiro atoms. The van der Waals surface area contributed by atoms with Crippen molar-refractivity contribution in [2.24, 2.45) is 0 Å². The van der Waals surface area contributed by atoms with Crippen LogP contribution in [0.4, 0.5) is 4.39 Å². The molecule has 14 heavy (non-hydrogen) atoms. The summed E-state index contributed by atoms with van der Waals surface area (Å²) in [7, 11) is 0. The lowest BCUT2D eigenvalue weighted by Crippen LogP contribution is -1.92. The second-order valence-electron chi connectivity index (χ2n) is 2.84. The monoisotopic (exact) mass is 317 g/mol. The van der Waals surface area contributed by atoms with Gasteiger partial charge in [0.25, 0.3) is 0 Å². The average molecular weight is 317 g/mol. The van der Waals surface area contributed by atoms with E-state index in [1.165, 1.54) is 11.3 Å². The molecule has 1 aromatic carbocycles. The van der Waals surface area contributed by atoms with Crippen LogP contribution in [-0.2, 0) is 6.42 Å². The van der Waals surface area contributed by atoms with Crippen molar-refractivity contribution < 1.29 is 4.39 Å². The van der Waals surface area contributed by atoms with Crippen LogP contribution >= 0.6 is 33.9 Å². The number of hydrogen-bond donors (Lipinski definition) is 0. The molecule has 0 aliphatic carbocycles. The van der Waals surface area contributed by atoms with E-state index >= 15 is 0 Å². The maximum absolute atomic E-state index is 13.6. The van der Waals surface area contributed by atoms with Crippen LogP contribution in [0, 0.1) is 20.7 Å². The minimum atomic E-state index is -0.248. The molecule has 0 fully saturated rings. The van der Waals surface area contributed by atoms with Gasteiger partial charge in [0.2, 0.25) is 0 Å². The third-order valence-electron chi connectivity index (χ3n) is 1.97.